The quantitative estimate of drug-likeness (QED) is 0.673. The number of carbonyl (C=O) groups excluding carboxylic acids is 3. The van der Waals surface area contributed by atoms with Crippen LogP contribution in [0, 0.1) is 6.92 Å². The van der Waals surface area contributed by atoms with Crippen LogP contribution in [0.3, 0.4) is 0 Å². The first-order valence-corrected chi connectivity index (χ1v) is 12.2. The highest BCUT2D eigenvalue weighted by Crippen LogP contribution is 2.27. The van der Waals surface area contributed by atoms with E-state index in [1.807, 2.05) is 36.1 Å². The van der Waals surface area contributed by atoms with E-state index in [9.17, 15) is 14.4 Å². The standard InChI is InChI=1S/C23H26BrN3O3S/c1-14-11-17(6-7-18(14)23(30)26-10-4-3-5-15(26)2)27-13-16(12-21(27)28)25-22(29)19-8-9-20(24)31-19/h6-9,11,15-16H,3-5,10,12-13H2,1-2H3,(H,25,29). The summed E-state index contributed by atoms with van der Waals surface area (Å²) in [6.45, 7) is 5.24. The van der Waals surface area contributed by atoms with Gasteiger partial charge in [-0.3, -0.25) is 14.4 Å². The van der Waals surface area contributed by atoms with Gasteiger partial charge < -0.3 is 15.1 Å². The number of likely N-dealkylation sites (tertiary alicyclic amines) is 1. The molecule has 0 spiro atoms. The Balaban J connectivity index is 1.44. The van der Waals surface area contributed by atoms with Gasteiger partial charge in [0.05, 0.1) is 14.7 Å². The van der Waals surface area contributed by atoms with E-state index in [1.54, 1.807) is 11.0 Å². The molecule has 2 fully saturated rings. The normalized spacial score (nSPS) is 21.5. The average Bonchev–Trinajstić information content (AvgIpc) is 3.33. The Morgan fingerprint density at radius 3 is 2.68 bits per heavy atom. The topological polar surface area (TPSA) is 69.7 Å². The maximum atomic E-state index is 13.0. The Labute approximate surface area is 194 Å². The van der Waals surface area contributed by atoms with Crippen molar-refractivity contribution in [1.29, 1.82) is 0 Å². The van der Waals surface area contributed by atoms with Crippen molar-refractivity contribution < 1.29 is 14.4 Å². The summed E-state index contributed by atoms with van der Waals surface area (Å²) in [5.41, 5.74) is 2.32. The highest BCUT2D eigenvalue weighted by atomic mass is 79.9. The van der Waals surface area contributed by atoms with Crippen LogP contribution in [0.25, 0.3) is 0 Å². The molecule has 0 radical (unpaired) electrons. The molecule has 1 N–H and O–H groups in total. The Morgan fingerprint density at radius 1 is 1.19 bits per heavy atom. The molecule has 0 saturated carbocycles. The molecule has 2 aromatic rings. The molecule has 1 aromatic heterocycles. The highest BCUT2D eigenvalue weighted by molar-refractivity contribution is 9.11. The molecular formula is C23H26BrN3O3S. The van der Waals surface area contributed by atoms with Crippen molar-refractivity contribution in [3.8, 4) is 0 Å². The first-order chi connectivity index (χ1) is 14.8. The highest BCUT2D eigenvalue weighted by Gasteiger charge is 2.33. The van der Waals surface area contributed by atoms with E-state index in [-0.39, 0.29) is 36.2 Å². The number of benzene rings is 1. The summed E-state index contributed by atoms with van der Waals surface area (Å²) >= 11 is 4.73. The van der Waals surface area contributed by atoms with Crippen molar-refractivity contribution in [3.05, 3.63) is 50.1 Å². The van der Waals surface area contributed by atoms with Gasteiger partial charge in [0.25, 0.3) is 11.8 Å². The fourth-order valence-electron chi connectivity index (χ4n) is 4.36. The van der Waals surface area contributed by atoms with E-state index in [4.69, 9.17) is 0 Å². The fourth-order valence-corrected chi connectivity index (χ4v) is 5.65. The molecule has 3 amide bonds. The fraction of sp³-hybridized carbons (Fsp3) is 0.435. The minimum Gasteiger partial charge on any atom is -0.346 e. The molecule has 31 heavy (non-hydrogen) atoms. The summed E-state index contributed by atoms with van der Waals surface area (Å²) in [5, 5.41) is 2.96. The van der Waals surface area contributed by atoms with Gasteiger partial charge in [-0.25, -0.2) is 0 Å². The van der Waals surface area contributed by atoms with Crippen molar-refractivity contribution >= 4 is 50.7 Å². The maximum absolute atomic E-state index is 13.0. The van der Waals surface area contributed by atoms with Crippen LogP contribution < -0.4 is 10.2 Å². The van der Waals surface area contributed by atoms with E-state index >= 15 is 0 Å². The zero-order valence-electron chi connectivity index (χ0n) is 17.7. The predicted octanol–water partition coefficient (Wildman–Crippen LogP) is 4.37. The Morgan fingerprint density at radius 2 is 2.00 bits per heavy atom. The van der Waals surface area contributed by atoms with Gasteiger partial charge in [0.15, 0.2) is 0 Å². The van der Waals surface area contributed by atoms with Crippen LogP contribution in [0.15, 0.2) is 34.1 Å². The minimum atomic E-state index is -0.239. The van der Waals surface area contributed by atoms with Crippen LogP contribution in [0.1, 0.15) is 58.2 Å². The van der Waals surface area contributed by atoms with Crippen molar-refractivity contribution in [2.45, 2.75) is 51.6 Å². The SMILES string of the molecule is Cc1cc(N2CC(NC(=O)c3ccc(Br)s3)CC2=O)ccc1C(=O)N1CCCCC1C. The van der Waals surface area contributed by atoms with Crippen molar-refractivity contribution in [2.24, 2.45) is 0 Å². The van der Waals surface area contributed by atoms with Gasteiger partial charge in [-0.05, 0) is 84.9 Å². The van der Waals surface area contributed by atoms with Gasteiger partial charge in [-0.1, -0.05) is 0 Å². The lowest BCUT2D eigenvalue weighted by Crippen LogP contribution is -2.42. The monoisotopic (exact) mass is 503 g/mol. The average molecular weight is 504 g/mol. The molecule has 164 valence electrons. The lowest BCUT2D eigenvalue weighted by atomic mass is 10.00. The number of thiophene rings is 1. The summed E-state index contributed by atoms with van der Waals surface area (Å²) < 4.78 is 0.894. The molecule has 2 unspecified atom stereocenters. The Bertz CT molecular complexity index is 1020. The van der Waals surface area contributed by atoms with Crippen LogP contribution >= 0.6 is 27.3 Å². The predicted molar refractivity (Wildman–Crippen MR) is 126 cm³/mol. The number of piperidine rings is 1. The summed E-state index contributed by atoms with van der Waals surface area (Å²) in [6, 6.07) is 9.19. The van der Waals surface area contributed by atoms with E-state index in [0.29, 0.717) is 17.0 Å². The van der Waals surface area contributed by atoms with Crippen LogP contribution in [0.5, 0.6) is 0 Å². The number of carbonyl (C=O) groups is 3. The van der Waals surface area contributed by atoms with Gasteiger partial charge in [-0.2, -0.15) is 0 Å². The summed E-state index contributed by atoms with van der Waals surface area (Å²) in [4.78, 5) is 42.3. The van der Waals surface area contributed by atoms with Gasteiger partial charge in [-0.15, -0.1) is 11.3 Å². The molecule has 0 aliphatic carbocycles. The molecule has 4 rings (SSSR count). The zero-order chi connectivity index (χ0) is 22.1. The minimum absolute atomic E-state index is 0.0270. The molecule has 2 saturated heterocycles. The smallest absolute Gasteiger partial charge is 0.261 e. The number of hydrogen-bond donors (Lipinski definition) is 1. The maximum Gasteiger partial charge on any atom is 0.261 e. The van der Waals surface area contributed by atoms with Gasteiger partial charge >= 0.3 is 0 Å². The Kier molecular flexibility index (Phi) is 6.48. The number of amides is 3. The number of aryl methyl sites for hydroxylation is 1. The lowest BCUT2D eigenvalue weighted by Gasteiger charge is -2.34. The molecule has 6 nitrogen and oxygen atoms in total. The van der Waals surface area contributed by atoms with Crippen molar-refractivity contribution in [3.63, 3.8) is 0 Å². The summed E-state index contributed by atoms with van der Waals surface area (Å²) in [7, 11) is 0. The van der Waals surface area contributed by atoms with E-state index in [2.05, 4.69) is 28.2 Å². The van der Waals surface area contributed by atoms with Gasteiger partial charge in [0.1, 0.15) is 0 Å². The Hall–Kier alpha value is -2.19. The molecule has 8 heteroatoms. The van der Waals surface area contributed by atoms with Crippen LogP contribution in [0.4, 0.5) is 5.69 Å². The van der Waals surface area contributed by atoms with E-state index in [0.717, 1.165) is 34.4 Å². The summed E-state index contributed by atoms with van der Waals surface area (Å²) in [5.74, 6) is -0.125. The van der Waals surface area contributed by atoms with E-state index < -0.39 is 0 Å². The van der Waals surface area contributed by atoms with Crippen molar-refractivity contribution in [1.82, 2.24) is 10.2 Å². The second kappa shape index (κ2) is 9.12. The van der Waals surface area contributed by atoms with Crippen LogP contribution in [-0.4, -0.2) is 47.8 Å². The number of rotatable bonds is 4. The second-order valence-electron chi connectivity index (χ2n) is 8.33. The molecule has 1 aromatic carbocycles. The molecule has 3 heterocycles. The molecule has 0 bridgehead atoms. The van der Waals surface area contributed by atoms with E-state index in [1.165, 1.54) is 17.8 Å². The lowest BCUT2D eigenvalue weighted by molar-refractivity contribution is -0.117. The van der Waals surface area contributed by atoms with Crippen molar-refractivity contribution in [2.75, 3.05) is 18.0 Å². The second-order valence-corrected chi connectivity index (χ2v) is 10.8. The van der Waals surface area contributed by atoms with Crippen LogP contribution in [-0.2, 0) is 4.79 Å². The third-order valence-corrected chi connectivity index (χ3v) is 7.70. The first kappa shape index (κ1) is 22.0. The largest absolute Gasteiger partial charge is 0.346 e. The third-order valence-electron chi connectivity index (χ3n) is 6.07. The van der Waals surface area contributed by atoms with Gasteiger partial charge in [0, 0.05) is 36.8 Å². The first-order valence-electron chi connectivity index (χ1n) is 10.6. The number of halogens is 1. The summed E-state index contributed by atoms with van der Waals surface area (Å²) in [6.07, 6.45) is 3.52. The zero-order valence-corrected chi connectivity index (χ0v) is 20.1. The number of hydrogen-bond acceptors (Lipinski definition) is 4. The molecule has 2 atom stereocenters. The van der Waals surface area contributed by atoms with Gasteiger partial charge in [0.2, 0.25) is 5.91 Å². The molecular weight excluding hydrogens is 478 g/mol. The number of anilines is 1. The molecule has 2 aliphatic rings. The number of nitrogens with zero attached hydrogens (tertiary/aromatic N) is 2. The third kappa shape index (κ3) is 4.70. The number of nitrogens with one attached hydrogen (secondary N) is 1. The molecule has 2 aliphatic heterocycles. The van der Waals surface area contributed by atoms with Crippen LogP contribution in [0.2, 0.25) is 0 Å².